The maximum absolute atomic E-state index is 13.4. The van der Waals surface area contributed by atoms with E-state index in [1.165, 1.54) is 0 Å². The topological polar surface area (TPSA) is 129 Å². The fraction of sp³-hybridized carbons (Fsp3) is 0.138. The SMILES string of the molecule is COc1cc([C@@H](Nc2ccc(C(=N)NO)cc2)C(=O)NCc2ccccc2)ccc1OCc1ccncc1. The molecular formula is C29H29N5O4. The van der Waals surface area contributed by atoms with Crippen LogP contribution in [0.15, 0.2) is 97.3 Å². The van der Waals surface area contributed by atoms with Crippen molar-refractivity contribution in [2.75, 3.05) is 12.4 Å². The van der Waals surface area contributed by atoms with Gasteiger partial charge in [-0.15, -0.1) is 0 Å². The molecule has 0 bridgehead atoms. The Morgan fingerprint density at radius 2 is 1.68 bits per heavy atom. The summed E-state index contributed by atoms with van der Waals surface area (Å²) in [6.45, 7) is 0.724. The minimum atomic E-state index is -0.747. The molecule has 0 unspecified atom stereocenters. The van der Waals surface area contributed by atoms with Crippen LogP contribution in [0.3, 0.4) is 0 Å². The third-order valence-electron chi connectivity index (χ3n) is 5.83. The van der Waals surface area contributed by atoms with Gasteiger partial charge in [-0.05, 0) is 65.2 Å². The minimum Gasteiger partial charge on any atom is -0.493 e. The summed E-state index contributed by atoms with van der Waals surface area (Å²) >= 11 is 0. The number of benzene rings is 3. The molecule has 9 heteroatoms. The van der Waals surface area contributed by atoms with Crippen molar-refractivity contribution in [3.63, 3.8) is 0 Å². The van der Waals surface area contributed by atoms with E-state index in [4.69, 9.17) is 20.1 Å². The molecule has 4 rings (SSSR count). The number of methoxy groups -OCH3 is 1. The van der Waals surface area contributed by atoms with E-state index in [2.05, 4.69) is 15.6 Å². The van der Waals surface area contributed by atoms with Gasteiger partial charge in [0.05, 0.1) is 7.11 Å². The maximum Gasteiger partial charge on any atom is 0.247 e. The van der Waals surface area contributed by atoms with Crippen LogP contribution in [-0.4, -0.2) is 29.0 Å². The molecule has 5 N–H and O–H groups in total. The molecule has 1 aromatic heterocycles. The number of rotatable bonds is 11. The van der Waals surface area contributed by atoms with Gasteiger partial charge < -0.3 is 20.1 Å². The van der Waals surface area contributed by atoms with Gasteiger partial charge in [0, 0.05) is 30.2 Å². The normalized spacial score (nSPS) is 11.2. The van der Waals surface area contributed by atoms with E-state index in [0.29, 0.717) is 41.5 Å². The third-order valence-corrected chi connectivity index (χ3v) is 5.83. The zero-order valence-electron chi connectivity index (χ0n) is 20.8. The number of hydroxylamine groups is 1. The zero-order chi connectivity index (χ0) is 26.7. The molecule has 194 valence electrons. The monoisotopic (exact) mass is 511 g/mol. The van der Waals surface area contributed by atoms with Crippen LogP contribution in [0.5, 0.6) is 11.5 Å². The summed E-state index contributed by atoms with van der Waals surface area (Å²) in [5.74, 6) is 0.698. The van der Waals surface area contributed by atoms with Crippen molar-refractivity contribution < 1.29 is 19.5 Å². The molecule has 0 aliphatic carbocycles. The molecule has 1 amide bonds. The Kier molecular flexibility index (Phi) is 8.88. The Balaban J connectivity index is 1.56. The number of carbonyl (C=O) groups excluding carboxylic acids is 1. The van der Waals surface area contributed by atoms with Gasteiger partial charge in [0.1, 0.15) is 18.5 Å². The number of carbonyl (C=O) groups is 1. The molecule has 3 aromatic carbocycles. The summed E-state index contributed by atoms with van der Waals surface area (Å²) in [7, 11) is 1.55. The Hall–Kier alpha value is -4.89. The zero-order valence-corrected chi connectivity index (χ0v) is 20.8. The van der Waals surface area contributed by atoms with Gasteiger partial charge in [0.15, 0.2) is 11.5 Å². The molecular weight excluding hydrogens is 482 g/mol. The lowest BCUT2D eigenvalue weighted by atomic mass is 10.0. The molecule has 0 aliphatic heterocycles. The molecule has 9 nitrogen and oxygen atoms in total. The van der Waals surface area contributed by atoms with Gasteiger partial charge in [-0.2, -0.15) is 0 Å². The van der Waals surface area contributed by atoms with E-state index in [-0.39, 0.29) is 11.7 Å². The number of hydrogen-bond donors (Lipinski definition) is 5. The van der Waals surface area contributed by atoms with E-state index in [0.717, 1.165) is 11.1 Å². The molecule has 0 spiro atoms. The quantitative estimate of drug-likeness (QED) is 0.114. The highest BCUT2D eigenvalue weighted by Crippen LogP contribution is 2.32. The van der Waals surface area contributed by atoms with Crippen LogP contribution in [0.4, 0.5) is 5.69 Å². The Morgan fingerprint density at radius 1 is 0.947 bits per heavy atom. The van der Waals surface area contributed by atoms with E-state index in [1.807, 2.05) is 54.0 Å². The lowest BCUT2D eigenvalue weighted by Gasteiger charge is -2.22. The molecule has 0 saturated heterocycles. The standard InChI is InChI=1S/C29H29N5O4/c1-37-26-17-23(9-12-25(26)38-19-21-13-15-31-16-14-21)27(29(35)32-18-20-5-3-2-4-6-20)33-24-10-7-22(8-11-24)28(30)34-36/h2-17,27,33,36H,18-19H2,1H3,(H2,30,34)(H,32,35)/t27-/m1/s1. The van der Waals surface area contributed by atoms with Crippen molar-refractivity contribution >= 4 is 17.4 Å². The number of pyridine rings is 1. The van der Waals surface area contributed by atoms with Crippen LogP contribution in [0.1, 0.15) is 28.3 Å². The van der Waals surface area contributed by atoms with Gasteiger partial charge >= 0.3 is 0 Å². The highest BCUT2D eigenvalue weighted by atomic mass is 16.5. The van der Waals surface area contributed by atoms with Crippen LogP contribution in [0, 0.1) is 5.41 Å². The Bertz CT molecular complexity index is 1350. The Morgan fingerprint density at radius 3 is 2.37 bits per heavy atom. The molecule has 0 aliphatic rings. The lowest BCUT2D eigenvalue weighted by Crippen LogP contribution is -2.33. The number of hydrogen-bond acceptors (Lipinski definition) is 7. The summed E-state index contributed by atoms with van der Waals surface area (Å²) in [5, 5.41) is 23.0. The van der Waals surface area contributed by atoms with Crippen LogP contribution in [0.2, 0.25) is 0 Å². The predicted octanol–water partition coefficient (Wildman–Crippen LogP) is 4.44. The molecule has 0 fully saturated rings. The third kappa shape index (κ3) is 6.86. The van der Waals surface area contributed by atoms with E-state index in [9.17, 15) is 4.79 Å². The first-order chi connectivity index (χ1) is 18.6. The Labute approximate surface area is 220 Å². The number of nitrogens with one attached hydrogen (secondary N) is 4. The molecule has 4 aromatic rings. The molecule has 1 atom stereocenters. The summed E-state index contributed by atoms with van der Waals surface area (Å²) < 4.78 is 11.5. The van der Waals surface area contributed by atoms with Crippen molar-refractivity contribution in [2.45, 2.75) is 19.2 Å². The van der Waals surface area contributed by atoms with Crippen molar-refractivity contribution in [3.8, 4) is 11.5 Å². The number of amidine groups is 1. The van der Waals surface area contributed by atoms with Crippen LogP contribution in [-0.2, 0) is 17.9 Å². The van der Waals surface area contributed by atoms with E-state index >= 15 is 0 Å². The highest BCUT2D eigenvalue weighted by Gasteiger charge is 2.22. The van der Waals surface area contributed by atoms with Gasteiger partial charge in [0.2, 0.25) is 5.91 Å². The highest BCUT2D eigenvalue weighted by molar-refractivity contribution is 5.95. The summed E-state index contributed by atoms with van der Waals surface area (Å²) in [6.07, 6.45) is 3.41. The second kappa shape index (κ2) is 12.9. The van der Waals surface area contributed by atoms with E-state index in [1.54, 1.807) is 55.9 Å². The van der Waals surface area contributed by atoms with Crippen molar-refractivity contribution in [1.82, 2.24) is 15.8 Å². The molecule has 0 radical (unpaired) electrons. The maximum atomic E-state index is 13.4. The first-order valence-corrected chi connectivity index (χ1v) is 11.9. The average Bonchev–Trinajstić information content (AvgIpc) is 2.98. The van der Waals surface area contributed by atoms with Crippen molar-refractivity contribution in [2.24, 2.45) is 0 Å². The lowest BCUT2D eigenvalue weighted by molar-refractivity contribution is -0.122. The summed E-state index contributed by atoms with van der Waals surface area (Å²) in [5.41, 5.74) is 5.62. The summed E-state index contributed by atoms with van der Waals surface area (Å²) in [6, 6.07) is 24.9. The fourth-order valence-corrected chi connectivity index (χ4v) is 3.77. The van der Waals surface area contributed by atoms with Crippen LogP contribution in [0.25, 0.3) is 0 Å². The molecule has 38 heavy (non-hydrogen) atoms. The average molecular weight is 512 g/mol. The second-order valence-electron chi connectivity index (χ2n) is 8.40. The predicted molar refractivity (Wildman–Crippen MR) is 144 cm³/mol. The van der Waals surface area contributed by atoms with Crippen molar-refractivity contribution in [3.05, 3.63) is 120 Å². The summed E-state index contributed by atoms with van der Waals surface area (Å²) in [4.78, 5) is 17.4. The van der Waals surface area contributed by atoms with Gasteiger partial charge in [0.25, 0.3) is 0 Å². The molecule has 0 saturated carbocycles. The fourth-order valence-electron chi connectivity index (χ4n) is 3.77. The van der Waals surface area contributed by atoms with Gasteiger partial charge in [-0.1, -0.05) is 36.4 Å². The minimum absolute atomic E-state index is 0.124. The number of amides is 1. The van der Waals surface area contributed by atoms with Crippen LogP contribution < -0.4 is 25.6 Å². The number of anilines is 1. The molecule has 1 heterocycles. The first-order valence-electron chi connectivity index (χ1n) is 11.9. The van der Waals surface area contributed by atoms with Crippen molar-refractivity contribution in [1.29, 1.82) is 5.41 Å². The second-order valence-corrected chi connectivity index (χ2v) is 8.40. The largest absolute Gasteiger partial charge is 0.493 e. The smallest absolute Gasteiger partial charge is 0.247 e. The van der Waals surface area contributed by atoms with E-state index < -0.39 is 6.04 Å². The van der Waals surface area contributed by atoms with Crippen LogP contribution >= 0.6 is 0 Å². The number of nitrogens with zero attached hydrogens (tertiary/aromatic N) is 1. The van der Waals surface area contributed by atoms with Gasteiger partial charge in [-0.3, -0.25) is 25.9 Å². The van der Waals surface area contributed by atoms with Gasteiger partial charge in [-0.25, -0.2) is 0 Å². The number of aromatic nitrogens is 1. The number of ether oxygens (including phenoxy) is 2. The first kappa shape index (κ1) is 26.2.